The molecule has 106 valence electrons. The third-order valence-electron chi connectivity index (χ3n) is 3.33. The van der Waals surface area contributed by atoms with Crippen LogP contribution < -0.4 is 10.5 Å². The van der Waals surface area contributed by atoms with Crippen molar-refractivity contribution < 1.29 is 9.13 Å². The van der Waals surface area contributed by atoms with Gasteiger partial charge >= 0.3 is 0 Å². The number of methoxy groups -OCH3 is 1. The van der Waals surface area contributed by atoms with Gasteiger partial charge in [0.25, 0.3) is 0 Å². The molecule has 20 heavy (non-hydrogen) atoms. The number of nitrogens with two attached hydrogens (primary N) is 1. The van der Waals surface area contributed by atoms with E-state index in [1.165, 1.54) is 6.07 Å². The van der Waals surface area contributed by atoms with Crippen molar-refractivity contribution in [3.05, 3.63) is 62.9 Å². The average Bonchev–Trinajstić information content (AvgIpc) is 2.37. The molecule has 2 N–H and O–H groups in total. The van der Waals surface area contributed by atoms with E-state index < -0.39 is 6.04 Å². The van der Waals surface area contributed by atoms with Crippen LogP contribution in [0.5, 0.6) is 5.75 Å². The molecule has 1 unspecified atom stereocenters. The van der Waals surface area contributed by atoms with Crippen molar-refractivity contribution in [3.63, 3.8) is 0 Å². The zero-order valence-corrected chi connectivity index (χ0v) is 13.3. The number of hydrogen-bond donors (Lipinski definition) is 1. The lowest BCUT2D eigenvalue weighted by Crippen LogP contribution is -2.15. The number of rotatable bonds is 3. The predicted molar refractivity (Wildman–Crippen MR) is 82.6 cm³/mol. The van der Waals surface area contributed by atoms with Crippen molar-refractivity contribution in [2.75, 3.05) is 7.11 Å². The highest BCUT2D eigenvalue weighted by atomic mass is 79.9. The Bertz CT molecular complexity index is 619. The van der Waals surface area contributed by atoms with Gasteiger partial charge in [0.1, 0.15) is 11.6 Å². The van der Waals surface area contributed by atoms with Crippen molar-refractivity contribution in [2.24, 2.45) is 5.73 Å². The van der Waals surface area contributed by atoms with Crippen LogP contribution in [-0.4, -0.2) is 7.11 Å². The smallest absolute Gasteiger partial charge is 0.133 e. The summed E-state index contributed by atoms with van der Waals surface area (Å²) in [6, 6.07) is 8.49. The summed E-state index contributed by atoms with van der Waals surface area (Å²) < 4.78 is 20.2. The molecule has 0 saturated carbocycles. The highest BCUT2D eigenvalue weighted by Crippen LogP contribution is 2.31. The van der Waals surface area contributed by atoms with Crippen LogP contribution in [0.1, 0.15) is 28.3 Å². The van der Waals surface area contributed by atoms with Crippen LogP contribution in [0, 0.1) is 19.7 Å². The zero-order chi connectivity index (χ0) is 14.9. The minimum Gasteiger partial charge on any atom is -0.496 e. The molecular formula is C16H17BrFNO. The van der Waals surface area contributed by atoms with Crippen LogP contribution in [-0.2, 0) is 0 Å². The van der Waals surface area contributed by atoms with Gasteiger partial charge < -0.3 is 10.5 Å². The van der Waals surface area contributed by atoms with Gasteiger partial charge in [-0.3, -0.25) is 0 Å². The van der Waals surface area contributed by atoms with E-state index in [-0.39, 0.29) is 5.82 Å². The molecule has 0 aliphatic heterocycles. The van der Waals surface area contributed by atoms with Gasteiger partial charge in [-0.2, -0.15) is 0 Å². The molecule has 0 bridgehead atoms. The molecule has 2 rings (SSSR count). The van der Waals surface area contributed by atoms with Gasteiger partial charge in [-0.15, -0.1) is 0 Å². The Morgan fingerprint density at radius 1 is 1.20 bits per heavy atom. The van der Waals surface area contributed by atoms with E-state index in [2.05, 4.69) is 15.9 Å². The van der Waals surface area contributed by atoms with Gasteiger partial charge in [-0.1, -0.05) is 12.1 Å². The van der Waals surface area contributed by atoms with Crippen LogP contribution in [0.2, 0.25) is 0 Å². The molecule has 0 spiro atoms. The van der Waals surface area contributed by atoms with Gasteiger partial charge in [0, 0.05) is 5.56 Å². The molecule has 2 aromatic rings. The Morgan fingerprint density at radius 3 is 2.45 bits per heavy atom. The summed E-state index contributed by atoms with van der Waals surface area (Å²) in [6.45, 7) is 3.75. The number of benzene rings is 2. The molecule has 2 nitrogen and oxygen atoms in total. The van der Waals surface area contributed by atoms with E-state index in [1.807, 2.05) is 38.1 Å². The average molecular weight is 338 g/mol. The van der Waals surface area contributed by atoms with Crippen LogP contribution in [0.25, 0.3) is 0 Å². The first-order chi connectivity index (χ1) is 9.43. The fourth-order valence-corrected chi connectivity index (χ4v) is 2.92. The maximum absolute atomic E-state index is 14.2. The van der Waals surface area contributed by atoms with Gasteiger partial charge in [-0.25, -0.2) is 4.39 Å². The first kappa shape index (κ1) is 15.0. The molecule has 0 saturated heterocycles. The summed E-state index contributed by atoms with van der Waals surface area (Å²) in [5.74, 6) is 0.462. The van der Waals surface area contributed by atoms with E-state index in [0.717, 1.165) is 26.9 Å². The molecule has 0 fully saturated rings. The number of ether oxygens (including phenoxy) is 1. The maximum Gasteiger partial charge on any atom is 0.133 e. The van der Waals surface area contributed by atoms with Crippen molar-refractivity contribution in [2.45, 2.75) is 19.9 Å². The highest BCUT2D eigenvalue weighted by Gasteiger charge is 2.17. The Labute approximate surface area is 126 Å². The molecular weight excluding hydrogens is 321 g/mol. The van der Waals surface area contributed by atoms with Crippen LogP contribution >= 0.6 is 15.9 Å². The topological polar surface area (TPSA) is 35.2 Å². The lowest BCUT2D eigenvalue weighted by atomic mass is 9.94. The predicted octanol–water partition coefficient (Wildman–Crippen LogP) is 4.26. The first-order valence-electron chi connectivity index (χ1n) is 6.29. The Kier molecular flexibility index (Phi) is 4.45. The van der Waals surface area contributed by atoms with Gasteiger partial charge in [0.05, 0.1) is 17.6 Å². The van der Waals surface area contributed by atoms with Crippen LogP contribution in [0.3, 0.4) is 0 Å². The Morgan fingerprint density at radius 2 is 1.90 bits per heavy atom. The standard InChI is InChI=1S/C16H17BrFNO/c1-9-6-10(2)15(13(18)7-9)16(19)11-4-5-14(20-3)12(17)8-11/h4-8,16H,19H2,1-3H3. The Hall–Kier alpha value is -1.39. The van der Waals surface area contributed by atoms with E-state index in [9.17, 15) is 4.39 Å². The molecule has 0 aliphatic rings. The summed E-state index contributed by atoms with van der Waals surface area (Å²) >= 11 is 3.42. The molecule has 0 amide bonds. The number of halogens is 2. The second-order valence-electron chi connectivity index (χ2n) is 4.85. The largest absolute Gasteiger partial charge is 0.496 e. The summed E-state index contributed by atoms with van der Waals surface area (Å²) in [7, 11) is 1.60. The van der Waals surface area contributed by atoms with Crippen molar-refractivity contribution in [3.8, 4) is 5.75 Å². The molecule has 4 heteroatoms. The van der Waals surface area contributed by atoms with Gasteiger partial charge in [-0.05, 0) is 64.7 Å². The van der Waals surface area contributed by atoms with Gasteiger partial charge in [0.15, 0.2) is 0 Å². The minimum atomic E-state index is -0.502. The zero-order valence-electron chi connectivity index (χ0n) is 11.7. The third-order valence-corrected chi connectivity index (χ3v) is 3.95. The van der Waals surface area contributed by atoms with Crippen LogP contribution in [0.4, 0.5) is 4.39 Å². The van der Waals surface area contributed by atoms with Crippen molar-refractivity contribution in [1.29, 1.82) is 0 Å². The van der Waals surface area contributed by atoms with Crippen molar-refractivity contribution in [1.82, 2.24) is 0 Å². The van der Waals surface area contributed by atoms with E-state index in [0.29, 0.717) is 5.56 Å². The molecule has 0 aromatic heterocycles. The van der Waals surface area contributed by atoms with E-state index in [1.54, 1.807) is 7.11 Å². The normalized spacial score (nSPS) is 12.3. The number of hydrogen-bond acceptors (Lipinski definition) is 2. The minimum absolute atomic E-state index is 0.262. The third kappa shape index (κ3) is 2.86. The van der Waals surface area contributed by atoms with Crippen LogP contribution in [0.15, 0.2) is 34.8 Å². The van der Waals surface area contributed by atoms with E-state index >= 15 is 0 Å². The molecule has 0 heterocycles. The summed E-state index contributed by atoms with van der Waals surface area (Å²) in [5, 5.41) is 0. The molecule has 2 aromatic carbocycles. The molecule has 0 radical (unpaired) electrons. The fraction of sp³-hybridized carbons (Fsp3) is 0.250. The van der Waals surface area contributed by atoms with E-state index in [4.69, 9.17) is 10.5 Å². The maximum atomic E-state index is 14.2. The quantitative estimate of drug-likeness (QED) is 0.907. The lowest BCUT2D eigenvalue weighted by molar-refractivity contribution is 0.412. The second kappa shape index (κ2) is 5.94. The summed E-state index contributed by atoms with van der Waals surface area (Å²) in [6.07, 6.45) is 0. The Balaban J connectivity index is 2.46. The first-order valence-corrected chi connectivity index (χ1v) is 7.09. The van der Waals surface area contributed by atoms with Gasteiger partial charge in [0.2, 0.25) is 0 Å². The SMILES string of the molecule is COc1ccc(C(N)c2c(C)cc(C)cc2F)cc1Br. The molecule has 0 aliphatic carbocycles. The number of aryl methyl sites for hydroxylation is 2. The monoisotopic (exact) mass is 337 g/mol. The summed E-state index contributed by atoms with van der Waals surface area (Å²) in [5.41, 5.74) is 9.36. The molecule has 1 atom stereocenters. The fourth-order valence-electron chi connectivity index (χ4n) is 2.36. The second-order valence-corrected chi connectivity index (χ2v) is 5.70. The summed E-state index contributed by atoms with van der Waals surface area (Å²) in [4.78, 5) is 0. The highest BCUT2D eigenvalue weighted by molar-refractivity contribution is 9.10. The lowest BCUT2D eigenvalue weighted by Gasteiger charge is -2.18. The van der Waals surface area contributed by atoms with Crippen molar-refractivity contribution >= 4 is 15.9 Å².